The number of furan rings is 1. The van der Waals surface area contributed by atoms with Crippen LogP contribution in [0, 0.1) is 11.8 Å². The van der Waals surface area contributed by atoms with Crippen molar-refractivity contribution in [1.29, 1.82) is 0 Å². The molecule has 0 spiro atoms. The Morgan fingerprint density at radius 1 is 1.29 bits per heavy atom. The number of aliphatic hydroxyl groups excluding tert-OH is 2. The largest absolute Gasteiger partial charge is 0.460 e. The van der Waals surface area contributed by atoms with Crippen LogP contribution >= 0.6 is 11.6 Å². The Bertz CT molecular complexity index is 1310. The number of benzene rings is 1. The molecule has 186 valence electrons. The molecule has 2 aromatic heterocycles. The van der Waals surface area contributed by atoms with Gasteiger partial charge in [0, 0.05) is 22.7 Å². The van der Waals surface area contributed by atoms with Gasteiger partial charge in [0.1, 0.15) is 12.4 Å². The van der Waals surface area contributed by atoms with Crippen LogP contribution in [0.4, 0.5) is 0 Å². The van der Waals surface area contributed by atoms with Gasteiger partial charge in [-0.2, -0.15) is 8.42 Å². The van der Waals surface area contributed by atoms with Crippen LogP contribution in [0.1, 0.15) is 51.9 Å². The van der Waals surface area contributed by atoms with Gasteiger partial charge in [0.2, 0.25) is 5.78 Å². The van der Waals surface area contributed by atoms with Gasteiger partial charge in [0.25, 0.3) is 0 Å². The van der Waals surface area contributed by atoms with Gasteiger partial charge >= 0.3 is 10.3 Å². The van der Waals surface area contributed by atoms with Crippen molar-refractivity contribution < 1.29 is 32.0 Å². The molecule has 1 aliphatic rings. The number of aliphatic hydroxyl groups is 2. The molecule has 10 nitrogen and oxygen atoms in total. The number of hydrogen-bond donors (Lipinski definition) is 3. The maximum absolute atomic E-state index is 13.2. The van der Waals surface area contributed by atoms with Crippen LogP contribution in [0.3, 0.4) is 0 Å². The summed E-state index contributed by atoms with van der Waals surface area (Å²) >= 11 is 6.00. The van der Waals surface area contributed by atoms with Gasteiger partial charge in [-0.05, 0) is 48.9 Å². The molecule has 35 heavy (non-hydrogen) atoms. The van der Waals surface area contributed by atoms with E-state index in [1.807, 2.05) is 0 Å². The molecule has 12 heteroatoms. The van der Waals surface area contributed by atoms with E-state index < -0.39 is 34.2 Å². The van der Waals surface area contributed by atoms with Crippen LogP contribution in [0.5, 0.6) is 0 Å². The first-order valence-electron chi connectivity index (χ1n) is 10.8. The second-order valence-corrected chi connectivity index (χ2v) is 10.2. The summed E-state index contributed by atoms with van der Waals surface area (Å²) in [5.74, 6) is -0.891. The van der Waals surface area contributed by atoms with E-state index in [0.717, 1.165) is 0 Å². The van der Waals surface area contributed by atoms with E-state index in [2.05, 4.69) is 14.2 Å². The number of carbonyl (C=O) groups is 1. The Morgan fingerprint density at radius 2 is 2.09 bits per heavy atom. The SMILES string of the molecule is NS(=O)(=O)OC[C@H]1C[C@@H](Cc2ncncc2C(=O)c2cc(C(O)c3cccc(Cl)c3)co2)C[C@@H]1O. The Labute approximate surface area is 207 Å². The molecular formula is C23H24ClN3O7S. The summed E-state index contributed by atoms with van der Waals surface area (Å²) in [6, 6.07) is 8.21. The van der Waals surface area contributed by atoms with Crippen LogP contribution < -0.4 is 5.14 Å². The second-order valence-electron chi connectivity index (χ2n) is 8.56. The van der Waals surface area contributed by atoms with E-state index >= 15 is 0 Å². The van der Waals surface area contributed by atoms with Crippen LogP contribution in [0.25, 0.3) is 0 Å². The molecule has 3 aromatic rings. The predicted octanol–water partition coefficient (Wildman–Crippen LogP) is 2.19. The van der Waals surface area contributed by atoms with Crippen molar-refractivity contribution in [2.75, 3.05) is 6.61 Å². The molecule has 4 rings (SSSR count). The van der Waals surface area contributed by atoms with Crippen LogP contribution in [-0.4, -0.2) is 47.1 Å². The van der Waals surface area contributed by atoms with Crippen LogP contribution in [-0.2, 0) is 20.9 Å². The summed E-state index contributed by atoms with van der Waals surface area (Å²) < 4.78 is 32.2. The van der Waals surface area contributed by atoms with Crippen molar-refractivity contribution in [3.63, 3.8) is 0 Å². The molecule has 1 saturated carbocycles. The Balaban J connectivity index is 1.47. The number of aromatic nitrogens is 2. The summed E-state index contributed by atoms with van der Waals surface area (Å²) in [5.41, 5.74) is 1.67. The number of ketones is 1. The van der Waals surface area contributed by atoms with Crippen LogP contribution in [0.15, 0.2) is 53.5 Å². The first kappa shape index (κ1) is 25.4. The Hall–Kier alpha value is -2.67. The minimum Gasteiger partial charge on any atom is -0.460 e. The topological polar surface area (TPSA) is 166 Å². The minimum atomic E-state index is -4.10. The van der Waals surface area contributed by atoms with Gasteiger partial charge in [-0.25, -0.2) is 15.1 Å². The zero-order chi connectivity index (χ0) is 25.2. The highest BCUT2D eigenvalue weighted by Gasteiger charge is 2.35. The molecule has 1 aromatic carbocycles. The lowest BCUT2D eigenvalue weighted by Gasteiger charge is -2.13. The first-order valence-corrected chi connectivity index (χ1v) is 12.7. The normalized spacial score (nSPS) is 21.2. The van der Waals surface area contributed by atoms with E-state index in [0.29, 0.717) is 41.1 Å². The summed E-state index contributed by atoms with van der Waals surface area (Å²) in [6.07, 6.45) is 3.49. The zero-order valence-corrected chi connectivity index (χ0v) is 20.0. The molecule has 1 aliphatic carbocycles. The molecular weight excluding hydrogens is 498 g/mol. The van der Waals surface area contributed by atoms with Gasteiger partial charge in [-0.15, -0.1) is 0 Å². The second kappa shape index (κ2) is 10.5. The highest BCUT2D eigenvalue weighted by atomic mass is 35.5. The first-order chi connectivity index (χ1) is 16.6. The smallest absolute Gasteiger partial charge is 0.333 e. The van der Waals surface area contributed by atoms with E-state index in [-0.39, 0.29) is 23.8 Å². The van der Waals surface area contributed by atoms with Gasteiger partial charge in [-0.1, -0.05) is 23.7 Å². The molecule has 0 bridgehead atoms. The maximum atomic E-state index is 13.2. The summed E-state index contributed by atoms with van der Waals surface area (Å²) in [6.45, 7) is -0.212. The fourth-order valence-corrected chi connectivity index (χ4v) is 4.90. The molecule has 0 radical (unpaired) electrons. The van der Waals surface area contributed by atoms with E-state index in [1.165, 1.54) is 24.9 Å². The Morgan fingerprint density at radius 3 is 2.83 bits per heavy atom. The number of nitrogens with two attached hydrogens (primary N) is 1. The third-order valence-corrected chi connectivity index (χ3v) is 6.75. The average Bonchev–Trinajstić information content (AvgIpc) is 3.43. The number of halogens is 1. The maximum Gasteiger partial charge on any atom is 0.333 e. The molecule has 0 saturated heterocycles. The molecule has 0 aliphatic heterocycles. The summed E-state index contributed by atoms with van der Waals surface area (Å²) in [4.78, 5) is 21.4. The van der Waals surface area contributed by atoms with Crippen LogP contribution in [0.2, 0.25) is 5.02 Å². The van der Waals surface area contributed by atoms with Crippen molar-refractivity contribution in [1.82, 2.24) is 9.97 Å². The van der Waals surface area contributed by atoms with E-state index in [4.69, 9.17) is 21.2 Å². The lowest BCUT2D eigenvalue weighted by atomic mass is 9.96. The zero-order valence-electron chi connectivity index (χ0n) is 18.5. The third kappa shape index (κ3) is 6.31. The predicted molar refractivity (Wildman–Crippen MR) is 125 cm³/mol. The monoisotopic (exact) mass is 521 g/mol. The van der Waals surface area contributed by atoms with Gasteiger partial charge in [0.15, 0.2) is 5.76 Å². The lowest BCUT2D eigenvalue weighted by Crippen LogP contribution is -2.24. The fraction of sp³-hybridized carbons (Fsp3) is 0.348. The van der Waals surface area contributed by atoms with Gasteiger partial charge in [-0.3, -0.25) is 8.98 Å². The highest BCUT2D eigenvalue weighted by molar-refractivity contribution is 7.84. The summed E-state index contributed by atoms with van der Waals surface area (Å²) in [7, 11) is -4.10. The standard InChI is InChI=1S/C23H24ClN3O7S/c24-17-3-1-2-14(7-17)22(29)16-8-21(33-10-16)23(30)18-9-26-12-27-19(18)5-13-4-15(20(28)6-13)11-34-35(25,31)32/h1-3,7-10,12-13,15,20,22,28-29H,4-6,11H2,(H2,25,31,32)/t13-,15+,20-,22?/m0/s1. The average molecular weight is 522 g/mol. The molecule has 4 N–H and O–H groups in total. The highest BCUT2D eigenvalue weighted by Crippen LogP contribution is 2.34. The fourth-order valence-electron chi connectivity index (χ4n) is 4.34. The number of nitrogens with zero attached hydrogens (tertiary/aromatic N) is 2. The molecule has 1 unspecified atom stereocenters. The molecule has 0 amide bonds. The van der Waals surface area contributed by atoms with Crippen molar-refractivity contribution >= 4 is 27.7 Å². The number of hydrogen-bond acceptors (Lipinski definition) is 9. The van der Waals surface area contributed by atoms with Crippen molar-refractivity contribution in [3.8, 4) is 0 Å². The lowest BCUT2D eigenvalue weighted by molar-refractivity contribution is 0.100. The number of carbonyl (C=O) groups excluding carboxylic acids is 1. The van der Waals surface area contributed by atoms with E-state index in [1.54, 1.807) is 24.3 Å². The summed E-state index contributed by atoms with van der Waals surface area (Å²) in [5, 5.41) is 26.3. The molecule has 2 heterocycles. The molecule has 4 atom stereocenters. The van der Waals surface area contributed by atoms with Crippen molar-refractivity contribution in [2.45, 2.75) is 31.5 Å². The van der Waals surface area contributed by atoms with Crippen molar-refractivity contribution in [3.05, 3.63) is 82.3 Å². The van der Waals surface area contributed by atoms with E-state index in [9.17, 15) is 23.4 Å². The third-order valence-electron chi connectivity index (χ3n) is 6.05. The minimum absolute atomic E-state index is 0.0167. The Kier molecular flexibility index (Phi) is 7.64. The quantitative estimate of drug-likeness (QED) is 0.357. The molecule has 1 fully saturated rings. The van der Waals surface area contributed by atoms with Crippen molar-refractivity contribution in [2.24, 2.45) is 17.0 Å². The van der Waals surface area contributed by atoms with Gasteiger partial charge in [0.05, 0.1) is 30.2 Å². The number of rotatable bonds is 9. The van der Waals surface area contributed by atoms with Gasteiger partial charge < -0.3 is 14.6 Å².